The number of hydrogen-bond acceptors (Lipinski definition) is 0. The average molecular weight is 262 g/mol. The van der Waals surface area contributed by atoms with Gasteiger partial charge in [0.05, 0.1) is 0 Å². The molecule has 0 N–H and O–H groups in total. The molecule has 0 aromatic rings. The van der Waals surface area contributed by atoms with Gasteiger partial charge in [-0.2, -0.15) is 0 Å². The van der Waals surface area contributed by atoms with E-state index in [9.17, 15) is 0 Å². The molecule has 0 aliphatic carbocycles. The quantitative estimate of drug-likeness (QED) is 0.586. The molecular weight excluding hydrogens is 240 g/mol. The summed E-state index contributed by atoms with van der Waals surface area (Å²) < 4.78 is 1.34. The molecule has 0 rings (SSSR count). The summed E-state index contributed by atoms with van der Waals surface area (Å²) in [6.07, 6.45) is 0. The third-order valence-electron chi connectivity index (χ3n) is 1.06. The Morgan fingerprint density at radius 3 is 0.818 bits per heavy atom. The van der Waals surface area contributed by atoms with Gasteiger partial charge >= 0.3 is 65.5 Å². The maximum Gasteiger partial charge on any atom is -0.147 e. The molecule has 0 nitrogen and oxygen atoms in total. The van der Waals surface area contributed by atoms with Gasteiger partial charge in [0.15, 0.2) is 0 Å². The molecule has 72 valence electrons. The fraction of sp³-hybridized carbons (Fsp3) is 1.00. The molecule has 0 unspecified atom stereocenters. The van der Waals surface area contributed by atoms with E-state index in [1.54, 1.807) is 0 Å². The Hall–Kier alpha value is 1.12. The molecule has 0 saturated carbocycles. The number of rotatable bonds is 0. The molecule has 0 spiro atoms. The molecule has 0 heterocycles. The van der Waals surface area contributed by atoms with Gasteiger partial charge in [-0.3, -0.25) is 0 Å². The van der Waals surface area contributed by atoms with Crippen LogP contribution in [0.1, 0.15) is 41.5 Å². The maximum atomic E-state index is 2.37. The Labute approximate surface area is 90.2 Å². The van der Waals surface area contributed by atoms with Gasteiger partial charge in [0, 0.05) is 0 Å². The van der Waals surface area contributed by atoms with Crippen LogP contribution in [-0.4, -0.2) is 15.4 Å². The van der Waals surface area contributed by atoms with Gasteiger partial charge in [0.2, 0.25) is 0 Å². The minimum absolute atomic E-state index is 0. The molecule has 0 aromatic carbocycles. The Kier molecular flexibility index (Phi) is 9.36. The molecule has 0 bridgehead atoms. The standard InChI is InChI=1S/C8H20Ge.2ClH/c1-7(2,3)9-8(4,5)6;;/h9H2,1-6H3;2*1H. The van der Waals surface area contributed by atoms with Gasteiger partial charge in [-0.25, -0.2) is 0 Å². The second kappa shape index (κ2) is 5.71. The van der Waals surface area contributed by atoms with Crippen LogP contribution in [0.15, 0.2) is 0 Å². The topological polar surface area (TPSA) is 0 Å². The predicted octanol–water partition coefficient (Wildman–Crippen LogP) is 3.44. The first-order chi connectivity index (χ1) is 3.71. The van der Waals surface area contributed by atoms with Crippen LogP contribution in [0.3, 0.4) is 0 Å². The smallest absolute Gasteiger partial charge is 0.147 e. The fourth-order valence-corrected chi connectivity index (χ4v) is 8.27. The van der Waals surface area contributed by atoms with E-state index in [0.29, 0.717) is 8.49 Å². The van der Waals surface area contributed by atoms with Crippen molar-refractivity contribution >= 4 is 40.2 Å². The third-order valence-corrected chi connectivity index (χ3v) is 5.51. The summed E-state index contributed by atoms with van der Waals surface area (Å²) in [7, 11) is 0. The molecule has 0 aliphatic heterocycles. The Morgan fingerprint density at radius 2 is 0.818 bits per heavy atom. The van der Waals surface area contributed by atoms with Crippen molar-refractivity contribution in [2.75, 3.05) is 0 Å². The monoisotopic (exact) mass is 262 g/mol. The first-order valence-corrected chi connectivity index (χ1v) is 6.67. The molecule has 3 heteroatoms. The summed E-state index contributed by atoms with van der Waals surface area (Å²) in [4.78, 5) is 0. The van der Waals surface area contributed by atoms with Crippen molar-refractivity contribution in [3.05, 3.63) is 0 Å². The van der Waals surface area contributed by atoms with Crippen LogP contribution in [0.5, 0.6) is 0 Å². The largest absolute Gasteiger partial charge is 0.147 e. The summed E-state index contributed by atoms with van der Waals surface area (Å²) in [6.45, 7) is 14.2. The first-order valence-electron chi connectivity index (χ1n) is 3.71. The van der Waals surface area contributed by atoms with Crippen molar-refractivity contribution in [3.63, 3.8) is 0 Å². The first kappa shape index (κ1) is 18.0. The van der Waals surface area contributed by atoms with Gasteiger partial charge < -0.3 is 0 Å². The van der Waals surface area contributed by atoms with E-state index >= 15 is 0 Å². The van der Waals surface area contributed by atoms with Crippen LogP contribution in [0.2, 0.25) is 8.49 Å². The normalized spacial score (nSPS) is 11.5. The SMILES string of the molecule is C[C](C)(C)[GeH2][C](C)(C)C.Cl.Cl. The van der Waals surface area contributed by atoms with Crippen molar-refractivity contribution in [2.45, 2.75) is 50.0 Å². The van der Waals surface area contributed by atoms with Crippen molar-refractivity contribution in [1.29, 1.82) is 0 Å². The molecule has 0 aromatic heterocycles. The van der Waals surface area contributed by atoms with Crippen LogP contribution in [0, 0.1) is 0 Å². The second-order valence-corrected chi connectivity index (χ2v) is 14.9. The van der Waals surface area contributed by atoms with Gasteiger partial charge in [0.25, 0.3) is 0 Å². The molecule has 11 heavy (non-hydrogen) atoms. The van der Waals surface area contributed by atoms with Crippen molar-refractivity contribution in [3.8, 4) is 0 Å². The van der Waals surface area contributed by atoms with E-state index in [0.717, 1.165) is 0 Å². The van der Waals surface area contributed by atoms with E-state index < -0.39 is 0 Å². The van der Waals surface area contributed by atoms with Crippen molar-refractivity contribution in [2.24, 2.45) is 0 Å². The summed E-state index contributed by atoms with van der Waals surface area (Å²) in [5.74, 6) is 0. The third kappa shape index (κ3) is 18.2. The zero-order valence-corrected chi connectivity index (χ0v) is 13.1. The minimum Gasteiger partial charge on any atom is -0.147 e. The van der Waals surface area contributed by atoms with Crippen LogP contribution < -0.4 is 0 Å². The molecule has 0 aliphatic rings. The number of halogens is 2. The maximum absolute atomic E-state index is 2.37. The summed E-state index contributed by atoms with van der Waals surface area (Å²) >= 11 is -0.333. The predicted molar refractivity (Wildman–Crippen MR) is 62.5 cm³/mol. The molecule has 0 radical (unpaired) electrons. The average Bonchev–Trinajstić information content (AvgIpc) is 1.14. The van der Waals surface area contributed by atoms with Crippen molar-refractivity contribution in [1.82, 2.24) is 0 Å². The molecule has 0 amide bonds. The minimum atomic E-state index is -0.333. The number of hydrogen-bond donors (Lipinski definition) is 0. The van der Waals surface area contributed by atoms with E-state index in [1.807, 2.05) is 0 Å². The van der Waals surface area contributed by atoms with Gasteiger partial charge in [-0.15, -0.1) is 24.8 Å². The Balaban J connectivity index is -0.000000320. The van der Waals surface area contributed by atoms with Gasteiger partial charge in [-0.1, -0.05) is 0 Å². The van der Waals surface area contributed by atoms with Crippen LogP contribution in [-0.2, 0) is 0 Å². The second-order valence-electron chi connectivity index (χ2n) is 5.30. The molecule has 0 atom stereocenters. The fourth-order valence-electron chi connectivity index (χ4n) is 1.59. The van der Waals surface area contributed by atoms with E-state index in [1.165, 1.54) is 0 Å². The zero-order chi connectivity index (χ0) is 7.71. The molecule has 0 fully saturated rings. The van der Waals surface area contributed by atoms with Crippen LogP contribution in [0.4, 0.5) is 0 Å². The van der Waals surface area contributed by atoms with Gasteiger partial charge in [-0.05, 0) is 0 Å². The summed E-state index contributed by atoms with van der Waals surface area (Å²) in [6, 6.07) is 0. The van der Waals surface area contributed by atoms with Crippen LogP contribution >= 0.6 is 24.8 Å². The zero-order valence-electron chi connectivity index (χ0n) is 8.52. The van der Waals surface area contributed by atoms with E-state index in [2.05, 4.69) is 41.5 Å². The Bertz CT molecular complexity index is 77.2. The van der Waals surface area contributed by atoms with Crippen LogP contribution in [0.25, 0.3) is 0 Å². The van der Waals surface area contributed by atoms with E-state index in [4.69, 9.17) is 0 Å². The van der Waals surface area contributed by atoms with E-state index in [-0.39, 0.29) is 40.2 Å². The summed E-state index contributed by atoms with van der Waals surface area (Å²) in [5.41, 5.74) is 0. The Morgan fingerprint density at radius 1 is 0.636 bits per heavy atom. The van der Waals surface area contributed by atoms with Crippen molar-refractivity contribution < 1.29 is 0 Å². The van der Waals surface area contributed by atoms with Gasteiger partial charge in [0.1, 0.15) is 0 Å². The molecular formula is C8H22Cl2Ge. The molecule has 0 saturated heterocycles. The summed E-state index contributed by atoms with van der Waals surface area (Å²) in [5, 5.41) is 0.